The highest BCUT2D eigenvalue weighted by molar-refractivity contribution is 7.18. The summed E-state index contributed by atoms with van der Waals surface area (Å²) >= 11 is 1.79. The van der Waals surface area contributed by atoms with Crippen LogP contribution in [0.5, 0.6) is 0 Å². The summed E-state index contributed by atoms with van der Waals surface area (Å²) in [5, 5.41) is 4.24. The molecule has 4 rings (SSSR count). The van der Waals surface area contributed by atoms with Gasteiger partial charge in [0.15, 0.2) is 0 Å². The van der Waals surface area contributed by atoms with Crippen molar-refractivity contribution in [1.82, 2.24) is 25.1 Å². The Hall–Kier alpha value is -1.77. The SMILES string of the molecule is Cc1sc2nc(CN3CCC(C)CC3)nc(N3CCCN(CC(=O)NC(C)C)CC3)c2c1C. The molecule has 2 aromatic rings. The van der Waals surface area contributed by atoms with E-state index in [0.717, 1.165) is 74.6 Å². The quantitative estimate of drug-likeness (QED) is 0.693. The fraction of sp³-hybridized carbons (Fsp3) is 0.720. The van der Waals surface area contributed by atoms with Gasteiger partial charge in [-0.25, -0.2) is 9.97 Å². The number of aryl methyl sites for hydroxylation is 2. The molecule has 0 aromatic carbocycles. The number of aromatic nitrogens is 2. The second-order valence-corrected chi connectivity index (χ2v) is 11.4. The summed E-state index contributed by atoms with van der Waals surface area (Å²) in [7, 11) is 0. The minimum absolute atomic E-state index is 0.116. The van der Waals surface area contributed by atoms with E-state index in [1.807, 2.05) is 13.8 Å². The third kappa shape index (κ3) is 6.03. The number of hydrogen-bond donors (Lipinski definition) is 1. The van der Waals surface area contributed by atoms with Gasteiger partial charge in [-0.05, 0) is 71.5 Å². The average Bonchev–Trinajstić information content (AvgIpc) is 2.90. The minimum Gasteiger partial charge on any atom is -0.355 e. The molecule has 4 heterocycles. The van der Waals surface area contributed by atoms with Crippen LogP contribution in [0.4, 0.5) is 5.82 Å². The van der Waals surface area contributed by atoms with E-state index >= 15 is 0 Å². The number of nitrogens with one attached hydrogen (secondary N) is 1. The van der Waals surface area contributed by atoms with E-state index in [1.54, 1.807) is 11.3 Å². The molecule has 0 spiro atoms. The zero-order valence-corrected chi connectivity index (χ0v) is 21.8. The third-order valence-corrected chi connectivity index (χ3v) is 8.10. The van der Waals surface area contributed by atoms with E-state index in [1.165, 1.54) is 28.7 Å². The van der Waals surface area contributed by atoms with Crippen molar-refractivity contribution in [3.8, 4) is 0 Å². The van der Waals surface area contributed by atoms with Crippen molar-refractivity contribution in [2.24, 2.45) is 5.92 Å². The fourth-order valence-electron chi connectivity index (χ4n) is 4.90. The van der Waals surface area contributed by atoms with Gasteiger partial charge in [-0.3, -0.25) is 14.6 Å². The summed E-state index contributed by atoms with van der Waals surface area (Å²) in [6.07, 6.45) is 3.55. The minimum atomic E-state index is 0.116. The Balaban J connectivity index is 1.53. The monoisotopic (exact) mass is 472 g/mol. The number of fused-ring (bicyclic) bond motifs is 1. The van der Waals surface area contributed by atoms with E-state index in [0.29, 0.717) is 6.54 Å². The molecule has 2 aliphatic heterocycles. The van der Waals surface area contributed by atoms with Gasteiger partial charge in [-0.2, -0.15) is 0 Å². The summed E-state index contributed by atoms with van der Waals surface area (Å²) in [4.78, 5) is 32.1. The Labute approximate surface area is 202 Å². The van der Waals surface area contributed by atoms with Crippen LogP contribution in [-0.2, 0) is 11.3 Å². The van der Waals surface area contributed by atoms with E-state index < -0.39 is 0 Å². The highest BCUT2D eigenvalue weighted by Gasteiger charge is 2.24. The number of nitrogens with zero attached hydrogens (tertiary/aromatic N) is 5. The number of thiophene rings is 1. The molecule has 2 saturated heterocycles. The Morgan fingerprint density at radius 2 is 1.82 bits per heavy atom. The first-order valence-electron chi connectivity index (χ1n) is 12.6. The first kappa shape index (κ1) is 24.4. The number of carbonyl (C=O) groups is 1. The van der Waals surface area contributed by atoms with Crippen molar-refractivity contribution in [1.29, 1.82) is 0 Å². The molecule has 0 unspecified atom stereocenters. The number of anilines is 1. The summed E-state index contributed by atoms with van der Waals surface area (Å²) in [6, 6.07) is 0.182. The first-order chi connectivity index (χ1) is 15.8. The largest absolute Gasteiger partial charge is 0.355 e. The van der Waals surface area contributed by atoms with E-state index in [4.69, 9.17) is 9.97 Å². The second kappa shape index (κ2) is 10.7. The van der Waals surface area contributed by atoms with Crippen LogP contribution < -0.4 is 10.2 Å². The zero-order chi connectivity index (χ0) is 23.5. The summed E-state index contributed by atoms with van der Waals surface area (Å²) < 4.78 is 0. The highest BCUT2D eigenvalue weighted by Crippen LogP contribution is 2.35. The molecule has 0 atom stereocenters. The molecule has 0 aliphatic carbocycles. The third-order valence-electron chi connectivity index (χ3n) is 7.00. The van der Waals surface area contributed by atoms with Gasteiger partial charge in [-0.1, -0.05) is 6.92 Å². The molecule has 2 aliphatic rings. The molecule has 182 valence electrons. The van der Waals surface area contributed by atoms with Crippen LogP contribution in [-0.4, -0.2) is 77.5 Å². The number of carbonyl (C=O) groups excluding carboxylic acids is 1. The van der Waals surface area contributed by atoms with Crippen molar-refractivity contribution in [3.05, 3.63) is 16.3 Å². The molecule has 2 aromatic heterocycles. The Bertz CT molecular complexity index is 965. The van der Waals surface area contributed by atoms with Crippen LogP contribution in [0.2, 0.25) is 0 Å². The van der Waals surface area contributed by atoms with Gasteiger partial charge in [0.2, 0.25) is 5.91 Å². The standard InChI is InChI=1S/C25H40N6OS/c1-17(2)26-22(32)16-29-9-6-10-31(14-13-29)24-23-19(4)20(5)33-25(23)28-21(27-24)15-30-11-7-18(3)8-12-30/h17-18H,6-16H2,1-5H3,(H,26,32). The number of piperidine rings is 1. The van der Waals surface area contributed by atoms with Crippen molar-refractivity contribution < 1.29 is 4.79 Å². The number of rotatable bonds is 6. The average molecular weight is 473 g/mol. The van der Waals surface area contributed by atoms with Crippen LogP contribution in [0.3, 0.4) is 0 Å². The molecule has 2 fully saturated rings. The lowest BCUT2D eigenvalue weighted by Crippen LogP contribution is -2.41. The van der Waals surface area contributed by atoms with Gasteiger partial charge in [0.1, 0.15) is 16.5 Å². The zero-order valence-electron chi connectivity index (χ0n) is 21.0. The normalized spacial score (nSPS) is 19.4. The molecule has 1 amide bonds. The van der Waals surface area contributed by atoms with Crippen molar-refractivity contribution >= 4 is 33.3 Å². The lowest BCUT2D eigenvalue weighted by atomic mass is 9.99. The van der Waals surface area contributed by atoms with E-state index in [-0.39, 0.29) is 11.9 Å². The second-order valence-electron chi connectivity index (χ2n) is 10.2. The molecule has 0 radical (unpaired) electrons. The Kier molecular flexibility index (Phi) is 7.87. The van der Waals surface area contributed by atoms with Crippen LogP contribution in [0, 0.1) is 19.8 Å². The van der Waals surface area contributed by atoms with Crippen molar-refractivity contribution in [2.75, 3.05) is 50.7 Å². The molecule has 0 saturated carbocycles. The van der Waals surface area contributed by atoms with Gasteiger partial charge in [0.05, 0.1) is 18.5 Å². The molecule has 1 N–H and O–H groups in total. The molecule has 33 heavy (non-hydrogen) atoms. The van der Waals surface area contributed by atoms with Crippen LogP contribution in [0.25, 0.3) is 10.2 Å². The van der Waals surface area contributed by atoms with Crippen LogP contribution in [0.1, 0.15) is 56.3 Å². The van der Waals surface area contributed by atoms with Gasteiger partial charge in [0.25, 0.3) is 0 Å². The summed E-state index contributed by atoms with van der Waals surface area (Å²) in [6.45, 7) is 18.0. The topological polar surface area (TPSA) is 64.6 Å². The summed E-state index contributed by atoms with van der Waals surface area (Å²) in [5.41, 5.74) is 1.31. The highest BCUT2D eigenvalue weighted by atomic mass is 32.1. The summed E-state index contributed by atoms with van der Waals surface area (Å²) in [5.74, 6) is 2.98. The lowest BCUT2D eigenvalue weighted by molar-refractivity contribution is -0.122. The maximum Gasteiger partial charge on any atom is 0.234 e. The molecule has 8 heteroatoms. The maximum atomic E-state index is 12.3. The van der Waals surface area contributed by atoms with Gasteiger partial charge in [-0.15, -0.1) is 11.3 Å². The molecular formula is C25H40N6OS. The Morgan fingerprint density at radius 1 is 1.06 bits per heavy atom. The Morgan fingerprint density at radius 3 is 2.55 bits per heavy atom. The van der Waals surface area contributed by atoms with Gasteiger partial charge < -0.3 is 10.2 Å². The van der Waals surface area contributed by atoms with Gasteiger partial charge in [0, 0.05) is 37.1 Å². The number of hydrogen-bond acceptors (Lipinski definition) is 7. The van der Waals surface area contributed by atoms with Crippen molar-refractivity contribution in [3.63, 3.8) is 0 Å². The van der Waals surface area contributed by atoms with Crippen molar-refractivity contribution in [2.45, 2.75) is 66.5 Å². The molecular weight excluding hydrogens is 432 g/mol. The number of amides is 1. The smallest absolute Gasteiger partial charge is 0.234 e. The van der Waals surface area contributed by atoms with E-state index in [2.05, 4.69) is 40.8 Å². The predicted octanol–water partition coefficient (Wildman–Crippen LogP) is 3.58. The number of likely N-dealkylation sites (tertiary alicyclic amines) is 1. The fourth-order valence-corrected chi connectivity index (χ4v) is 5.95. The first-order valence-corrected chi connectivity index (χ1v) is 13.4. The van der Waals surface area contributed by atoms with Gasteiger partial charge >= 0.3 is 0 Å². The lowest BCUT2D eigenvalue weighted by Gasteiger charge is -2.30. The van der Waals surface area contributed by atoms with Crippen LogP contribution in [0.15, 0.2) is 0 Å². The van der Waals surface area contributed by atoms with E-state index in [9.17, 15) is 4.79 Å². The van der Waals surface area contributed by atoms with Crippen LogP contribution >= 0.6 is 11.3 Å². The molecule has 7 nitrogen and oxygen atoms in total. The molecule has 0 bridgehead atoms. The predicted molar refractivity (Wildman–Crippen MR) is 137 cm³/mol. The maximum absolute atomic E-state index is 12.3.